The maximum absolute atomic E-state index is 14.5. The van der Waals surface area contributed by atoms with E-state index in [0.717, 1.165) is 26.0 Å². The number of Topliss-reactive ketones (excluding diaryl/α,β-unsaturated/α-hetero) is 5. The van der Waals surface area contributed by atoms with E-state index in [0.29, 0.717) is 0 Å². The average molecular weight is 761 g/mol. The van der Waals surface area contributed by atoms with Gasteiger partial charge in [-0.05, 0) is 79.5 Å². The fourth-order valence-corrected chi connectivity index (χ4v) is 9.83. The van der Waals surface area contributed by atoms with Crippen molar-refractivity contribution in [1.29, 1.82) is 0 Å². The Kier molecular flexibility index (Phi) is 9.80. The van der Waals surface area contributed by atoms with E-state index in [2.05, 4.69) is 0 Å². The Morgan fingerprint density at radius 1 is 0.709 bits per heavy atom. The molecule has 1 aliphatic heterocycles. The Morgan fingerprint density at radius 3 is 1.78 bits per heavy atom. The number of aliphatic hydroxyl groups excluding tert-OH is 4. The number of ether oxygens (including phenoxy) is 1. The summed E-state index contributed by atoms with van der Waals surface area (Å²) in [6.07, 6.45) is 13.9. The largest absolute Gasteiger partial charge is 0.508 e. The van der Waals surface area contributed by atoms with Crippen LogP contribution in [0.3, 0.4) is 0 Å². The normalized spacial score (nSPS) is 43.6. The van der Waals surface area contributed by atoms with Crippen LogP contribution in [0, 0.1) is 34.5 Å². The molecule has 0 radical (unpaired) electrons. The molecule has 0 spiro atoms. The third kappa shape index (κ3) is 5.09. The molecule has 0 amide bonds. The Morgan fingerprint density at radius 2 is 1.24 bits per heavy atom. The highest BCUT2D eigenvalue weighted by Crippen LogP contribution is 2.67. The van der Waals surface area contributed by atoms with E-state index >= 15 is 0 Å². The van der Waals surface area contributed by atoms with Crippen LogP contribution in [0.1, 0.15) is 62.3 Å². The standard InChI is InChI=1S/C42H48O13/c1-10-12-14-16-23(43)26-29-20(3)22(37(5,33(26)48)36(51)39(29,7)52)18-19-25(45)27-30(46)21(4)32(47)40(8)31(27)38(6)34(49)28(24(44)17-15-13-11-2)35(50)41(9,53)42(38,54)55-40/h10-20,22,29,31,43-46,52-54H,1-9H3. The molecule has 5 aliphatic carbocycles. The fourth-order valence-electron chi connectivity index (χ4n) is 9.83. The molecule has 1 heterocycles. The molecule has 0 aromatic rings. The van der Waals surface area contributed by atoms with Crippen molar-refractivity contribution in [1.82, 2.24) is 0 Å². The smallest absolute Gasteiger partial charge is 0.217 e. The number of hydrogen-bond acceptors (Lipinski definition) is 13. The first kappa shape index (κ1) is 41.2. The van der Waals surface area contributed by atoms with E-state index in [1.54, 1.807) is 39.0 Å². The highest BCUT2D eigenvalue weighted by Gasteiger charge is 2.83. The summed E-state index contributed by atoms with van der Waals surface area (Å²) in [5.41, 5.74) is -13.8. The zero-order valence-electron chi connectivity index (χ0n) is 32.2. The molecule has 1 saturated heterocycles. The van der Waals surface area contributed by atoms with Crippen LogP contribution in [0.2, 0.25) is 0 Å². The topological polar surface area (TPSA) is 236 Å². The van der Waals surface area contributed by atoms with Gasteiger partial charge in [-0.2, -0.15) is 0 Å². The van der Waals surface area contributed by atoms with E-state index in [1.807, 2.05) is 0 Å². The molecule has 5 fully saturated rings. The molecule has 13 heteroatoms. The van der Waals surface area contributed by atoms with E-state index in [9.17, 15) is 59.7 Å². The number of allylic oxidation sites excluding steroid dienone is 11. The van der Waals surface area contributed by atoms with Crippen molar-refractivity contribution in [3.05, 3.63) is 106 Å². The lowest BCUT2D eigenvalue weighted by molar-refractivity contribution is -0.313. The molecule has 55 heavy (non-hydrogen) atoms. The van der Waals surface area contributed by atoms with Crippen LogP contribution in [0.15, 0.2) is 106 Å². The first-order valence-electron chi connectivity index (χ1n) is 17.9. The molecule has 2 bridgehead atoms. The number of carbonyl (C=O) groups is 5. The molecular weight excluding hydrogens is 712 g/mol. The van der Waals surface area contributed by atoms with Crippen LogP contribution < -0.4 is 0 Å². The Bertz CT molecular complexity index is 2100. The van der Waals surface area contributed by atoms with Crippen molar-refractivity contribution in [2.75, 3.05) is 0 Å². The second kappa shape index (κ2) is 13.1. The second-order valence-corrected chi connectivity index (χ2v) is 15.9. The van der Waals surface area contributed by atoms with Gasteiger partial charge in [0.15, 0.2) is 28.7 Å². The number of fused-ring (bicyclic) bond motifs is 6. The summed E-state index contributed by atoms with van der Waals surface area (Å²) in [5.74, 6) is -16.0. The lowest BCUT2D eigenvalue weighted by Gasteiger charge is -2.57. The summed E-state index contributed by atoms with van der Waals surface area (Å²) in [5, 5.41) is 80.8. The van der Waals surface area contributed by atoms with Crippen molar-refractivity contribution in [2.24, 2.45) is 34.5 Å². The van der Waals surface area contributed by atoms with Crippen LogP contribution in [-0.2, 0) is 28.7 Å². The molecular formula is C42H48O13. The molecule has 6 rings (SSSR count). The Balaban J connectivity index is 1.74. The van der Waals surface area contributed by atoms with Crippen molar-refractivity contribution >= 4 is 28.9 Å². The first-order valence-corrected chi connectivity index (χ1v) is 17.9. The van der Waals surface area contributed by atoms with Crippen LogP contribution in [-0.4, -0.2) is 87.3 Å². The number of aliphatic hydroxyl groups is 7. The monoisotopic (exact) mass is 760 g/mol. The Hall–Kier alpha value is -4.95. The molecule has 13 nitrogen and oxygen atoms in total. The van der Waals surface area contributed by atoms with Gasteiger partial charge >= 0.3 is 0 Å². The minimum Gasteiger partial charge on any atom is -0.508 e. The predicted molar refractivity (Wildman–Crippen MR) is 198 cm³/mol. The van der Waals surface area contributed by atoms with Crippen LogP contribution in [0.4, 0.5) is 0 Å². The summed E-state index contributed by atoms with van der Waals surface area (Å²) in [6, 6.07) is 0. The molecule has 10 atom stereocenters. The van der Waals surface area contributed by atoms with Crippen LogP contribution in [0.5, 0.6) is 0 Å². The van der Waals surface area contributed by atoms with E-state index in [1.165, 1.54) is 58.1 Å². The summed E-state index contributed by atoms with van der Waals surface area (Å²) in [4.78, 5) is 70.1. The van der Waals surface area contributed by atoms with Gasteiger partial charge in [-0.25, -0.2) is 0 Å². The SMILES string of the molecule is CC=CC=CC(O)=C1C(=O)C(C)(O)C2(O)OC3(C)C(=O)C(C)=C(O)C(=C(O)C=CC4C(C)C5C(=C(O)C=CC=CC)C(=O)C4(C)C(=O)C5(C)O)C3C2(C)C1=O. The minimum atomic E-state index is -3.17. The Labute approximate surface area is 318 Å². The predicted octanol–water partition coefficient (Wildman–Crippen LogP) is 4.45. The fraction of sp³-hybridized carbons (Fsp3) is 0.452. The van der Waals surface area contributed by atoms with Crippen molar-refractivity contribution in [3.63, 3.8) is 0 Å². The van der Waals surface area contributed by atoms with Crippen molar-refractivity contribution in [2.45, 2.75) is 84.9 Å². The van der Waals surface area contributed by atoms with Crippen LogP contribution in [0.25, 0.3) is 0 Å². The van der Waals surface area contributed by atoms with Gasteiger partial charge in [0.05, 0.1) is 10.8 Å². The number of ketones is 5. The van der Waals surface area contributed by atoms with Gasteiger partial charge in [0, 0.05) is 34.5 Å². The maximum Gasteiger partial charge on any atom is 0.217 e. The molecule has 294 valence electrons. The molecule has 7 N–H and O–H groups in total. The van der Waals surface area contributed by atoms with Gasteiger partial charge < -0.3 is 40.5 Å². The lowest BCUT2D eigenvalue weighted by Crippen LogP contribution is -2.72. The first-order chi connectivity index (χ1) is 25.3. The summed E-state index contributed by atoms with van der Waals surface area (Å²) < 4.78 is 5.94. The quantitative estimate of drug-likeness (QED) is 0.0652. The van der Waals surface area contributed by atoms with Crippen LogP contribution >= 0.6 is 0 Å². The second-order valence-electron chi connectivity index (χ2n) is 15.9. The molecule has 4 saturated carbocycles. The summed E-state index contributed by atoms with van der Waals surface area (Å²) in [7, 11) is 0. The number of rotatable bonds is 6. The highest BCUT2D eigenvalue weighted by atomic mass is 16.7. The number of hydrogen-bond donors (Lipinski definition) is 7. The summed E-state index contributed by atoms with van der Waals surface area (Å²) >= 11 is 0. The van der Waals surface area contributed by atoms with E-state index in [4.69, 9.17) is 4.74 Å². The van der Waals surface area contributed by atoms with Gasteiger partial charge in [-0.15, -0.1) is 0 Å². The number of carbonyl (C=O) groups excluding carboxylic acids is 5. The third-order valence-electron chi connectivity index (χ3n) is 12.6. The van der Waals surface area contributed by atoms with Crippen molar-refractivity contribution < 1.29 is 64.5 Å². The zero-order chi connectivity index (χ0) is 41.6. The maximum atomic E-state index is 14.5. The van der Waals surface area contributed by atoms with Gasteiger partial charge in [0.25, 0.3) is 0 Å². The van der Waals surface area contributed by atoms with E-state index < -0.39 is 120 Å². The van der Waals surface area contributed by atoms with Gasteiger partial charge in [-0.3, -0.25) is 24.0 Å². The minimum absolute atomic E-state index is 0.134. The van der Waals surface area contributed by atoms with Crippen molar-refractivity contribution in [3.8, 4) is 0 Å². The molecule has 10 unspecified atom stereocenters. The molecule has 6 aliphatic rings. The zero-order valence-corrected chi connectivity index (χ0v) is 32.2. The highest BCUT2D eigenvalue weighted by molar-refractivity contribution is 6.29. The molecule has 0 aromatic carbocycles. The van der Waals surface area contributed by atoms with Gasteiger partial charge in [0.2, 0.25) is 11.6 Å². The van der Waals surface area contributed by atoms with Gasteiger partial charge in [0.1, 0.15) is 39.8 Å². The van der Waals surface area contributed by atoms with Gasteiger partial charge in [-0.1, -0.05) is 49.5 Å². The summed E-state index contributed by atoms with van der Waals surface area (Å²) in [6.45, 7) is 12.0. The third-order valence-corrected chi connectivity index (χ3v) is 12.6. The lowest BCUT2D eigenvalue weighted by atomic mass is 9.44. The van der Waals surface area contributed by atoms with E-state index in [-0.39, 0.29) is 11.1 Å². The average Bonchev–Trinajstić information content (AvgIpc) is 3.31. The molecule has 0 aromatic heterocycles.